The number of aliphatic hydroxyl groups excluding tert-OH is 1. The molecule has 2 aromatic carbocycles. The Hall–Kier alpha value is -1.68. The first kappa shape index (κ1) is 17.7. The summed E-state index contributed by atoms with van der Waals surface area (Å²) in [6.07, 6.45) is 4.78. The number of benzene rings is 2. The third kappa shape index (κ3) is 4.01. The maximum Gasteiger partial charge on any atom is 0.0952 e. The Balaban J connectivity index is 1.52. The summed E-state index contributed by atoms with van der Waals surface area (Å²) in [4.78, 5) is 0. The van der Waals surface area contributed by atoms with E-state index in [1.807, 2.05) is 12.1 Å². The molecule has 1 aliphatic carbocycles. The fourth-order valence-electron chi connectivity index (χ4n) is 3.73. The number of hydrogen-bond acceptors (Lipinski definition) is 3. The van der Waals surface area contributed by atoms with Crippen LogP contribution in [-0.4, -0.2) is 23.5 Å². The van der Waals surface area contributed by atoms with Crippen molar-refractivity contribution in [1.82, 2.24) is 0 Å². The van der Waals surface area contributed by atoms with Crippen LogP contribution in [0.1, 0.15) is 60.0 Å². The lowest BCUT2D eigenvalue weighted by molar-refractivity contribution is -0.0682. The van der Waals surface area contributed by atoms with Gasteiger partial charge in [0.1, 0.15) is 0 Å². The first-order valence-corrected chi connectivity index (χ1v) is 9.71. The molecule has 0 amide bonds. The van der Waals surface area contributed by atoms with Crippen molar-refractivity contribution in [2.24, 2.45) is 0 Å². The molecule has 1 aliphatic heterocycles. The van der Waals surface area contributed by atoms with Gasteiger partial charge in [0, 0.05) is 24.1 Å². The highest BCUT2D eigenvalue weighted by Crippen LogP contribution is 2.40. The predicted octanol–water partition coefficient (Wildman–Crippen LogP) is 5.04. The minimum absolute atomic E-state index is 0.196. The van der Waals surface area contributed by atoms with Gasteiger partial charge in [-0.15, -0.1) is 0 Å². The van der Waals surface area contributed by atoms with Crippen LogP contribution in [0.15, 0.2) is 42.5 Å². The Morgan fingerprint density at radius 2 is 1.81 bits per heavy atom. The minimum atomic E-state index is -0.436. The standard InChI is InChI=1S/C22H24ClNO2/c23-21-8-7-17(22-12-19(25)11-20(13-24)26-22)10-18(21)9-14-1-3-15(4-2-14)16-5-6-16/h1-4,7-8,10,13,16,19-20,22,24-25H,5-6,9,11-12H2/t19-,20-,22+/m0/s1. The van der Waals surface area contributed by atoms with Crippen molar-refractivity contribution in [3.05, 3.63) is 69.7 Å². The molecule has 3 nitrogen and oxygen atoms in total. The van der Waals surface area contributed by atoms with E-state index in [4.69, 9.17) is 21.7 Å². The molecule has 0 spiro atoms. The second-order valence-electron chi connectivity index (χ2n) is 7.50. The minimum Gasteiger partial charge on any atom is -0.393 e. The lowest BCUT2D eigenvalue weighted by Crippen LogP contribution is -2.32. The number of aliphatic hydroxyl groups is 1. The van der Waals surface area contributed by atoms with Crippen LogP contribution in [0.4, 0.5) is 0 Å². The molecule has 0 bridgehead atoms. The van der Waals surface area contributed by atoms with Gasteiger partial charge in [0.15, 0.2) is 0 Å². The zero-order valence-electron chi connectivity index (χ0n) is 14.7. The summed E-state index contributed by atoms with van der Waals surface area (Å²) in [5, 5.41) is 18.3. The number of nitrogens with one attached hydrogen (secondary N) is 1. The zero-order valence-corrected chi connectivity index (χ0v) is 15.5. The highest BCUT2D eigenvalue weighted by Gasteiger charge is 2.28. The molecule has 0 radical (unpaired) electrons. The van der Waals surface area contributed by atoms with Crippen LogP contribution in [0.5, 0.6) is 0 Å². The fraction of sp³-hybridized carbons (Fsp3) is 0.409. The van der Waals surface area contributed by atoms with Crippen LogP contribution in [0, 0.1) is 5.41 Å². The molecule has 2 fully saturated rings. The maximum atomic E-state index is 10.1. The highest BCUT2D eigenvalue weighted by molar-refractivity contribution is 6.31. The number of ether oxygens (including phenoxy) is 1. The van der Waals surface area contributed by atoms with Crippen molar-refractivity contribution in [3.63, 3.8) is 0 Å². The summed E-state index contributed by atoms with van der Waals surface area (Å²) >= 11 is 6.44. The smallest absolute Gasteiger partial charge is 0.0952 e. The molecular formula is C22H24ClNO2. The molecule has 3 atom stereocenters. The SMILES string of the molecule is N=C[C@@H]1C[C@H](O)C[C@H](c2ccc(Cl)c(Cc3ccc(C4CC4)cc3)c2)O1. The van der Waals surface area contributed by atoms with Crippen LogP contribution >= 0.6 is 11.6 Å². The molecule has 4 rings (SSSR count). The van der Waals surface area contributed by atoms with Crippen LogP contribution in [0.3, 0.4) is 0 Å². The first-order chi connectivity index (χ1) is 12.6. The van der Waals surface area contributed by atoms with E-state index in [-0.39, 0.29) is 12.2 Å². The fourth-order valence-corrected chi connectivity index (χ4v) is 3.91. The second kappa shape index (κ2) is 7.51. The van der Waals surface area contributed by atoms with Gasteiger partial charge in [-0.25, -0.2) is 0 Å². The second-order valence-corrected chi connectivity index (χ2v) is 7.91. The zero-order chi connectivity index (χ0) is 18.1. The molecule has 2 aromatic rings. The molecule has 1 saturated carbocycles. The monoisotopic (exact) mass is 369 g/mol. The van der Waals surface area contributed by atoms with Crippen molar-refractivity contribution in [2.45, 2.75) is 56.3 Å². The summed E-state index contributed by atoms with van der Waals surface area (Å²) in [5.74, 6) is 0.771. The van der Waals surface area contributed by atoms with E-state index in [2.05, 4.69) is 30.3 Å². The molecule has 26 heavy (non-hydrogen) atoms. The average molecular weight is 370 g/mol. The van der Waals surface area contributed by atoms with E-state index in [0.717, 1.165) is 28.5 Å². The molecule has 0 aromatic heterocycles. The first-order valence-electron chi connectivity index (χ1n) is 9.33. The molecule has 1 saturated heterocycles. The third-order valence-corrected chi connectivity index (χ3v) is 5.75. The lowest BCUT2D eigenvalue weighted by Gasteiger charge is -2.31. The van der Waals surface area contributed by atoms with Crippen molar-refractivity contribution in [2.75, 3.05) is 0 Å². The summed E-state index contributed by atoms with van der Waals surface area (Å²) in [6.45, 7) is 0. The van der Waals surface area contributed by atoms with E-state index in [9.17, 15) is 5.11 Å². The van der Waals surface area contributed by atoms with Gasteiger partial charge in [-0.05, 0) is 53.5 Å². The van der Waals surface area contributed by atoms with Crippen molar-refractivity contribution < 1.29 is 9.84 Å². The Labute approximate surface area is 159 Å². The van der Waals surface area contributed by atoms with Crippen molar-refractivity contribution in [3.8, 4) is 0 Å². The number of rotatable bonds is 5. The number of hydrogen-bond donors (Lipinski definition) is 2. The van der Waals surface area contributed by atoms with Gasteiger partial charge in [0.25, 0.3) is 0 Å². The Morgan fingerprint density at radius 1 is 1.08 bits per heavy atom. The van der Waals surface area contributed by atoms with Crippen LogP contribution < -0.4 is 0 Å². The number of halogens is 1. The average Bonchev–Trinajstić information content (AvgIpc) is 3.49. The normalized spacial score (nSPS) is 25.8. The molecule has 1 heterocycles. The third-order valence-electron chi connectivity index (χ3n) is 5.38. The molecular weight excluding hydrogens is 346 g/mol. The van der Waals surface area contributed by atoms with Gasteiger partial charge in [0.05, 0.1) is 18.3 Å². The molecule has 2 N–H and O–H groups in total. The van der Waals surface area contributed by atoms with Crippen molar-refractivity contribution >= 4 is 17.8 Å². The quantitative estimate of drug-likeness (QED) is 0.725. The largest absolute Gasteiger partial charge is 0.393 e. The molecule has 4 heteroatoms. The van der Waals surface area contributed by atoms with Crippen LogP contribution in [-0.2, 0) is 11.2 Å². The molecule has 136 valence electrons. The maximum absolute atomic E-state index is 10.1. The van der Waals surface area contributed by atoms with Gasteiger partial charge in [-0.3, -0.25) is 0 Å². The van der Waals surface area contributed by atoms with E-state index in [1.54, 1.807) is 0 Å². The van der Waals surface area contributed by atoms with E-state index in [0.29, 0.717) is 12.8 Å². The molecule has 2 aliphatic rings. The highest BCUT2D eigenvalue weighted by atomic mass is 35.5. The van der Waals surface area contributed by atoms with E-state index in [1.165, 1.54) is 30.2 Å². The lowest BCUT2D eigenvalue weighted by atomic mass is 9.94. The van der Waals surface area contributed by atoms with Crippen molar-refractivity contribution in [1.29, 1.82) is 5.41 Å². The summed E-state index contributed by atoms with van der Waals surface area (Å²) in [5.41, 5.74) is 4.77. The predicted molar refractivity (Wildman–Crippen MR) is 104 cm³/mol. The Bertz CT molecular complexity index is 785. The van der Waals surface area contributed by atoms with Crippen LogP contribution in [0.2, 0.25) is 5.02 Å². The van der Waals surface area contributed by atoms with Gasteiger partial charge in [-0.1, -0.05) is 48.0 Å². The van der Waals surface area contributed by atoms with Gasteiger partial charge in [0.2, 0.25) is 0 Å². The van der Waals surface area contributed by atoms with E-state index >= 15 is 0 Å². The van der Waals surface area contributed by atoms with Gasteiger partial charge >= 0.3 is 0 Å². The Morgan fingerprint density at radius 3 is 2.50 bits per heavy atom. The molecule has 0 unspecified atom stereocenters. The summed E-state index contributed by atoms with van der Waals surface area (Å²) in [7, 11) is 0. The van der Waals surface area contributed by atoms with Crippen LogP contribution in [0.25, 0.3) is 0 Å². The Kier molecular flexibility index (Phi) is 5.12. The van der Waals surface area contributed by atoms with Gasteiger partial charge < -0.3 is 15.3 Å². The topological polar surface area (TPSA) is 53.3 Å². The van der Waals surface area contributed by atoms with Gasteiger partial charge in [-0.2, -0.15) is 0 Å². The summed E-state index contributed by atoms with van der Waals surface area (Å²) < 4.78 is 5.94. The summed E-state index contributed by atoms with van der Waals surface area (Å²) in [6, 6.07) is 14.8. The van der Waals surface area contributed by atoms with E-state index < -0.39 is 6.10 Å².